The van der Waals surface area contributed by atoms with Gasteiger partial charge in [-0.25, -0.2) is 0 Å². The fraction of sp³-hybridized carbons (Fsp3) is 0.588. The number of rotatable bonds is 6. The molecule has 1 fully saturated rings. The lowest BCUT2D eigenvalue weighted by molar-refractivity contribution is -0.127. The van der Waals surface area contributed by atoms with Crippen LogP contribution < -0.4 is 5.32 Å². The van der Waals surface area contributed by atoms with Gasteiger partial charge in [0.05, 0.1) is 5.92 Å². The van der Waals surface area contributed by atoms with Gasteiger partial charge in [-0.3, -0.25) is 4.79 Å². The van der Waals surface area contributed by atoms with Crippen molar-refractivity contribution in [1.82, 2.24) is 5.32 Å². The highest BCUT2D eigenvalue weighted by Gasteiger charge is 2.31. The Balaban J connectivity index is 2.09. The molecule has 0 spiro atoms. The first-order valence-corrected chi connectivity index (χ1v) is 7.76. The molecule has 0 bridgehead atoms. The Morgan fingerprint density at radius 3 is 2.40 bits per heavy atom. The molecule has 2 rings (SSSR count). The van der Waals surface area contributed by atoms with E-state index < -0.39 is 0 Å². The van der Waals surface area contributed by atoms with Gasteiger partial charge in [0.1, 0.15) is 5.78 Å². The van der Waals surface area contributed by atoms with Crippen LogP contribution in [0, 0.1) is 11.3 Å². The zero-order valence-corrected chi connectivity index (χ0v) is 13.3. The van der Waals surface area contributed by atoms with Crippen molar-refractivity contribution in [1.29, 1.82) is 0 Å². The standard InChI is InChI=1S/C17H24ClNO/c1-17(2,3)16(20)15(11-19-10-12-4-5-12)13-6-8-14(18)9-7-13/h6-9,12,15,19H,4-5,10-11H2,1-3H3. The third kappa shape index (κ3) is 4.32. The van der Waals surface area contributed by atoms with E-state index in [0.717, 1.165) is 18.0 Å². The van der Waals surface area contributed by atoms with Gasteiger partial charge >= 0.3 is 0 Å². The number of ketones is 1. The SMILES string of the molecule is CC(C)(C)C(=O)C(CNCC1CC1)c1ccc(Cl)cc1. The van der Waals surface area contributed by atoms with Crippen LogP contribution in [0.2, 0.25) is 5.02 Å². The molecule has 1 unspecified atom stereocenters. The minimum Gasteiger partial charge on any atom is -0.315 e. The average molecular weight is 294 g/mol. The number of carbonyl (C=O) groups excluding carboxylic acids is 1. The van der Waals surface area contributed by atoms with Crippen LogP contribution in [0.3, 0.4) is 0 Å². The molecule has 1 aliphatic rings. The molecule has 0 heterocycles. The highest BCUT2D eigenvalue weighted by atomic mass is 35.5. The Morgan fingerprint density at radius 1 is 1.30 bits per heavy atom. The second-order valence-corrected chi connectivity index (χ2v) is 7.26. The zero-order chi connectivity index (χ0) is 14.8. The molecular weight excluding hydrogens is 270 g/mol. The summed E-state index contributed by atoms with van der Waals surface area (Å²) in [5.74, 6) is 1.01. The quantitative estimate of drug-likeness (QED) is 0.858. The maximum atomic E-state index is 12.7. The van der Waals surface area contributed by atoms with Crippen molar-refractivity contribution >= 4 is 17.4 Å². The first-order valence-electron chi connectivity index (χ1n) is 7.38. The predicted molar refractivity (Wildman–Crippen MR) is 84.2 cm³/mol. The van der Waals surface area contributed by atoms with Crippen LogP contribution in [0.15, 0.2) is 24.3 Å². The Kier molecular flexibility index (Phi) is 4.87. The number of hydrogen-bond donors (Lipinski definition) is 1. The van der Waals surface area contributed by atoms with E-state index in [4.69, 9.17) is 11.6 Å². The third-order valence-corrected chi connectivity index (χ3v) is 4.06. The molecule has 3 heteroatoms. The summed E-state index contributed by atoms with van der Waals surface area (Å²) in [7, 11) is 0. The molecule has 0 saturated heterocycles. The number of carbonyl (C=O) groups is 1. The highest BCUT2D eigenvalue weighted by Crippen LogP contribution is 2.30. The summed E-state index contributed by atoms with van der Waals surface area (Å²) in [4.78, 5) is 12.7. The molecule has 1 aliphatic carbocycles. The molecule has 1 aromatic rings. The summed E-state index contributed by atoms with van der Waals surface area (Å²) >= 11 is 5.94. The molecule has 1 aromatic carbocycles. The second-order valence-electron chi connectivity index (χ2n) is 6.82. The lowest BCUT2D eigenvalue weighted by Crippen LogP contribution is -2.34. The van der Waals surface area contributed by atoms with Gasteiger partial charge in [0, 0.05) is 17.0 Å². The van der Waals surface area contributed by atoms with Gasteiger partial charge in [-0.2, -0.15) is 0 Å². The monoisotopic (exact) mass is 293 g/mol. The van der Waals surface area contributed by atoms with E-state index in [0.29, 0.717) is 11.6 Å². The molecule has 110 valence electrons. The molecule has 2 nitrogen and oxygen atoms in total. The van der Waals surface area contributed by atoms with Gasteiger partial charge < -0.3 is 5.32 Å². The Bertz CT molecular complexity index is 457. The topological polar surface area (TPSA) is 29.1 Å². The van der Waals surface area contributed by atoms with E-state index in [1.54, 1.807) is 0 Å². The largest absolute Gasteiger partial charge is 0.315 e. The van der Waals surface area contributed by atoms with Gasteiger partial charge in [0.15, 0.2) is 0 Å². The molecule has 1 N–H and O–H groups in total. The smallest absolute Gasteiger partial charge is 0.146 e. The summed E-state index contributed by atoms with van der Waals surface area (Å²) in [6.45, 7) is 7.70. The van der Waals surface area contributed by atoms with Gasteiger partial charge in [-0.05, 0) is 43.0 Å². The van der Waals surface area contributed by atoms with Gasteiger partial charge in [-0.1, -0.05) is 44.5 Å². The summed E-state index contributed by atoms with van der Waals surface area (Å²) in [5.41, 5.74) is 0.726. The van der Waals surface area contributed by atoms with E-state index >= 15 is 0 Å². The average Bonchev–Trinajstić information content (AvgIpc) is 3.18. The van der Waals surface area contributed by atoms with Crippen LogP contribution in [-0.2, 0) is 4.79 Å². The Morgan fingerprint density at radius 2 is 1.90 bits per heavy atom. The maximum absolute atomic E-state index is 12.7. The van der Waals surface area contributed by atoms with E-state index in [1.807, 2.05) is 45.0 Å². The predicted octanol–water partition coefficient (Wildman–Crippen LogP) is 4.04. The maximum Gasteiger partial charge on any atom is 0.146 e. The Hall–Kier alpha value is -0.860. The normalized spacial score (nSPS) is 17.0. The van der Waals surface area contributed by atoms with Crippen molar-refractivity contribution in [3.05, 3.63) is 34.9 Å². The van der Waals surface area contributed by atoms with Crippen molar-refractivity contribution in [3.63, 3.8) is 0 Å². The molecule has 0 aliphatic heterocycles. The van der Waals surface area contributed by atoms with Gasteiger partial charge in [0.25, 0.3) is 0 Å². The number of halogens is 1. The van der Waals surface area contributed by atoms with Crippen molar-refractivity contribution < 1.29 is 4.79 Å². The van der Waals surface area contributed by atoms with Crippen molar-refractivity contribution in [3.8, 4) is 0 Å². The van der Waals surface area contributed by atoms with Crippen molar-refractivity contribution in [2.75, 3.05) is 13.1 Å². The number of benzene rings is 1. The third-order valence-electron chi connectivity index (χ3n) is 3.81. The van der Waals surface area contributed by atoms with Crippen LogP contribution >= 0.6 is 11.6 Å². The second kappa shape index (κ2) is 6.28. The number of nitrogens with one attached hydrogen (secondary N) is 1. The van der Waals surface area contributed by atoms with Gasteiger partial charge in [0.2, 0.25) is 0 Å². The number of hydrogen-bond acceptors (Lipinski definition) is 2. The summed E-state index contributed by atoms with van der Waals surface area (Å²) in [6.07, 6.45) is 2.65. The summed E-state index contributed by atoms with van der Waals surface area (Å²) in [6, 6.07) is 7.66. The lowest BCUT2D eigenvalue weighted by atomic mass is 9.80. The highest BCUT2D eigenvalue weighted by molar-refractivity contribution is 6.30. The molecule has 0 amide bonds. The molecule has 20 heavy (non-hydrogen) atoms. The van der Waals surface area contributed by atoms with E-state index in [2.05, 4.69) is 5.32 Å². The van der Waals surface area contributed by atoms with Crippen LogP contribution in [0.5, 0.6) is 0 Å². The fourth-order valence-corrected chi connectivity index (χ4v) is 2.46. The molecule has 0 aromatic heterocycles. The van der Waals surface area contributed by atoms with E-state index in [-0.39, 0.29) is 17.1 Å². The number of Topliss-reactive ketones (excluding diaryl/α,β-unsaturated/α-hetero) is 1. The molecule has 1 saturated carbocycles. The van der Waals surface area contributed by atoms with Crippen LogP contribution in [-0.4, -0.2) is 18.9 Å². The Labute approximate surface area is 126 Å². The summed E-state index contributed by atoms with van der Waals surface area (Å²) < 4.78 is 0. The first kappa shape index (κ1) is 15.5. The molecular formula is C17H24ClNO. The molecule has 1 atom stereocenters. The van der Waals surface area contributed by atoms with E-state index in [1.165, 1.54) is 12.8 Å². The minimum absolute atomic E-state index is 0.0917. The van der Waals surface area contributed by atoms with Crippen LogP contribution in [0.25, 0.3) is 0 Å². The van der Waals surface area contributed by atoms with E-state index in [9.17, 15) is 4.79 Å². The van der Waals surface area contributed by atoms with Crippen molar-refractivity contribution in [2.24, 2.45) is 11.3 Å². The van der Waals surface area contributed by atoms with Crippen LogP contribution in [0.1, 0.15) is 45.1 Å². The minimum atomic E-state index is -0.328. The molecule has 0 radical (unpaired) electrons. The van der Waals surface area contributed by atoms with Crippen molar-refractivity contribution in [2.45, 2.75) is 39.5 Å². The first-order chi connectivity index (χ1) is 9.38. The lowest BCUT2D eigenvalue weighted by Gasteiger charge is -2.25. The zero-order valence-electron chi connectivity index (χ0n) is 12.6. The fourth-order valence-electron chi connectivity index (χ4n) is 2.33. The van der Waals surface area contributed by atoms with Gasteiger partial charge in [-0.15, -0.1) is 0 Å². The van der Waals surface area contributed by atoms with Crippen LogP contribution in [0.4, 0.5) is 0 Å². The summed E-state index contributed by atoms with van der Waals surface area (Å²) in [5, 5.41) is 4.17.